The number of hydrogen-bond donors (Lipinski definition) is 2. The summed E-state index contributed by atoms with van der Waals surface area (Å²) in [5.41, 5.74) is 8.21. The first-order valence-corrected chi connectivity index (χ1v) is 8.95. The first kappa shape index (κ1) is 16.1. The van der Waals surface area contributed by atoms with Crippen LogP contribution in [-0.4, -0.2) is 21.5 Å². The standard InChI is InChI=1S/C15H25N3O2S/c1-4-15(5-2)6-7-18(10-15)13-8-12(16)9-14(11(13)3)21(17,19)20/h8-9H,4-7,10,16H2,1-3H3,(H2,17,19,20). The number of primary sulfonamides is 1. The van der Waals surface area contributed by atoms with Crippen molar-refractivity contribution < 1.29 is 8.42 Å². The minimum absolute atomic E-state index is 0.128. The van der Waals surface area contributed by atoms with Gasteiger partial charge in [-0.1, -0.05) is 13.8 Å². The second-order valence-corrected chi connectivity index (χ2v) is 7.62. The largest absolute Gasteiger partial charge is 0.399 e. The van der Waals surface area contributed by atoms with Crippen LogP contribution in [-0.2, 0) is 10.0 Å². The zero-order valence-electron chi connectivity index (χ0n) is 13.0. The van der Waals surface area contributed by atoms with E-state index in [9.17, 15) is 8.42 Å². The van der Waals surface area contributed by atoms with Crippen LogP contribution < -0.4 is 15.8 Å². The molecule has 118 valence electrons. The number of anilines is 2. The quantitative estimate of drug-likeness (QED) is 0.835. The minimum Gasteiger partial charge on any atom is -0.399 e. The van der Waals surface area contributed by atoms with Gasteiger partial charge in [0.15, 0.2) is 0 Å². The highest BCUT2D eigenvalue weighted by Gasteiger charge is 2.36. The summed E-state index contributed by atoms with van der Waals surface area (Å²) in [6.45, 7) is 8.10. The zero-order valence-corrected chi connectivity index (χ0v) is 13.8. The lowest BCUT2D eigenvalue weighted by Gasteiger charge is -2.28. The molecule has 1 aromatic carbocycles. The molecule has 0 amide bonds. The van der Waals surface area contributed by atoms with Gasteiger partial charge >= 0.3 is 0 Å². The summed E-state index contributed by atoms with van der Waals surface area (Å²) in [6, 6.07) is 3.29. The zero-order chi connectivity index (χ0) is 15.8. The van der Waals surface area contributed by atoms with E-state index in [1.807, 2.05) is 6.07 Å². The molecule has 2 rings (SSSR count). The fourth-order valence-electron chi connectivity index (χ4n) is 3.29. The van der Waals surface area contributed by atoms with Gasteiger partial charge in [0.2, 0.25) is 10.0 Å². The van der Waals surface area contributed by atoms with Gasteiger partial charge in [-0.05, 0) is 49.3 Å². The molecule has 1 heterocycles. The van der Waals surface area contributed by atoms with Crippen molar-refractivity contribution >= 4 is 21.4 Å². The summed E-state index contributed by atoms with van der Waals surface area (Å²) < 4.78 is 23.4. The van der Waals surface area contributed by atoms with Crippen LogP contribution in [0, 0.1) is 12.3 Å². The summed E-state index contributed by atoms with van der Waals surface area (Å²) >= 11 is 0. The van der Waals surface area contributed by atoms with E-state index in [0.29, 0.717) is 16.7 Å². The SMILES string of the molecule is CCC1(CC)CCN(c2cc(N)cc(S(N)(=O)=O)c2C)C1. The highest BCUT2D eigenvalue weighted by atomic mass is 32.2. The molecule has 0 saturated carbocycles. The Morgan fingerprint density at radius 3 is 2.38 bits per heavy atom. The van der Waals surface area contributed by atoms with Gasteiger partial charge in [-0.3, -0.25) is 0 Å². The predicted molar refractivity (Wildman–Crippen MR) is 86.8 cm³/mol. The van der Waals surface area contributed by atoms with Gasteiger partial charge in [0, 0.05) is 24.5 Å². The second-order valence-electron chi connectivity index (χ2n) is 6.09. The summed E-state index contributed by atoms with van der Waals surface area (Å²) in [4.78, 5) is 2.37. The van der Waals surface area contributed by atoms with E-state index in [1.165, 1.54) is 6.07 Å². The Kier molecular flexibility index (Phi) is 4.22. The van der Waals surface area contributed by atoms with Crippen molar-refractivity contribution in [3.63, 3.8) is 0 Å². The van der Waals surface area contributed by atoms with E-state index < -0.39 is 10.0 Å². The molecule has 0 spiro atoms. The van der Waals surface area contributed by atoms with Crippen LogP contribution in [0.15, 0.2) is 17.0 Å². The van der Waals surface area contributed by atoms with Crippen molar-refractivity contribution in [2.45, 2.75) is 44.9 Å². The molecular formula is C15H25N3O2S. The monoisotopic (exact) mass is 311 g/mol. The van der Waals surface area contributed by atoms with Crippen LogP contribution >= 0.6 is 0 Å². The third-order valence-corrected chi connectivity index (χ3v) is 5.98. The third-order valence-electron chi connectivity index (χ3n) is 4.94. The Hall–Kier alpha value is -1.27. The molecule has 1 aliphatic heterocycles. The van der Waals surface area contributed by atoms with E-state index >= 15 is 0 Å². The van der Waals surface area contributed by atoms with Gasteiger partial charge in [-0.25, -0.2) is 13.6 Å². The maximum Gasteiger partial charge on any atom is 0.238 e. The fourth-order valence-corrected chi connectivity index (χ4v) is 4.12. The highest BCUT2D eigenvalue weighted by Crippen LogP contribution is 2.41. The fraction of sp³-hybridized carbons (Fsp3) is 0.600. The molecule has 4 N–H and O–H groups in total. The number of rotatable bonds is 4. The average Bonchev–Trinajstić information content (AvgIpc) is 2.85. The molecular weight excluding hydrogens is 286 g/mol. The van der Waals surface area contributed by atoms with Gasteiger partial charge in [-0.15, -0.1) is 0 Å². The number of benzene rings is 1. The minimum atomic E-state index is -3.75. The van der Waals surface area contributed by atoms with Crippen LogP contribution in [0.1, 0.15) is 38.7 Å². The summed E-state index contributed by atoms with van der Waals surface area (Å²) in [7, 11) is -3.75. The molecule has 1 aromatic rings. The Balaban J connectivity index is 2.45. The molecule has 0 atom stereocenters. The van der Waals surface area contributed by atoms with Crippen LogP contribution in [0.4, 0.5) is 11.4 Å². The molecule has 0 bridgehead atoms. The summed E-state index contributed by atoms with van der Waals surface area (Å²) in [5.74, 6) is 0. The van der Waals surface area contributed by atoms with Crippen LogP contribution in [0.3, 0.4) is 0 Å². The van der Waals surface area contributed by atoms with E-state index in [-0.39, 0.29) is 4.90 Å². The van der Waals surface area contributed by atoms with Crippen LogP contribution in [0.5, 0.6) is 0 Å². The van der Waals surface area contributed by atoms with Gasteiger partial charge in [0.05, 0.1) is 4.90 Å². The Bertz CT molecular complexity index is 637. The first-order valence-electron chi connectivity index (χ1n) is 7.40. The van der Waals surface area contributed by atoms with Crippen molar-refractivity contribution in [2.24, 2.45) is 10.6 Å². The molecule has 21 heavy (non-hydrogen) atoms. The lowest BCUT2D eigenvalue weighted by molar-refractivity contribution is 0.301. The molecule has 0 radical (unpaired) electrons. The predicted octanol–water partition coefficient (Wildman–Crippen LogP) is 2.24. The molecule has 1 fully saturated rings. The number of nitrogen functional groups attached to an aromatic ring is 1. The Labute approximate surface area is 127 Å². The summed E-state index contributed by atoms with van der Waals surface area (Å²) in [5, 5.41) is 5.30. The van der Waals surface area contributed by atoms with Gasteiger partial charge in [0.25, 0.3) is 0 Å². The lowest BCUT2D eigenvalue weighted by atomic mass is 9.82. The molecule has 1 saturated heterocycles. The average molecular weight is 311 g/mol. The van der Waals surface area contributed by atoms with E-state index in [1.54, 1.807) is 6.92 Å². The van der Waals surface area contributed by atoms with Crippen molar-refractivity contribution in [2.75, 3.05) is 23.7 Å². The number of nitrogens with two attached hydrogens (primary N) is 2. The number of hydrogen-bond acceptors (Lipinski definition) is 4. The second kappa shape index (κ2) is 5.50. The Morgan fingerprint density at radius 2 is 1.90 bits per heavy atom. The highest BCUT2D eigenvalue weighted by molar-refractivity contribution is 7.89. The normalized spacial score (nSPS) is 18.2. The number of sulfonamides is 1. The molecule has 5 nitrogen and oxygen atoms in total. The molecule has 0 unspecified atom stereocenters. The summed E-state index contributed by atoms with van der Waals surface area (Å²) in [6.07, 6.45) is 3.38. The molecule has 0 aliphatic carbocycles. The van der Waals surface area contributed by atoms with Crippen molar-refractivity contribution in [1.29, 1.82) is 0 Å². The maximum atomic E-state index is 11.7. The van der Waals surface area contributed by atoms with E-state index in [2.05, 4.69) is 18.7 Å². The molecule has 1 aliphatic rings. The molecule has 0 aromatic heterocycles. The third kappa shape index (κ3) is 3.01. The number of nitrogens with zero attached hydrogens (tertiary/aromatic N) is 1. The van der Waals surface area contributed by atoms with Crippen molar-refractivity contribution in [3.8, 4) is 0 Å². The lowest BCUT2D eigenvalue weighted by Crippen LogP contribution is -2.27. The topological polar surface area (TPSA) is 89.4 Å². The van der Waals surface area contributed by atoms with Gasteiger partial charge in [0.1, 0.15) is 0 Å². The maximum absolute atomic E-state index is 11.7. The van der Waals surface area contributed by atoms with Gasteiger partial charge in [-0.2, -0.15) is 0 Å². The van der Waals surface area contributed by atoms with Crippen molar-refractivity contribution in [3.05, 3.63) is 17.7 Å². The van der Waals surface area contributed by atoms with Crippen LogP contribution in [0.2, 0.25) is 0 Å². The smallest absolute Gasteiger partial charge is 0.238 e. The van der Waals surface area contributed by atoms with Gasteiger partial charge < -0.3 is 10.6 Å². The molecule has 6 heteroatoms. The Morgan fingerprint density at radius 1 is 1.29 bits per heavy atom. The van der Waals surface area contributed by atoms with Crippen LogP contribution in [0.25, 0.3) is 0 Å². The van der Waals surface area contributed by atoms with E-state index in [4.69, 9.17) is 10.9 Å². The van der Waals surface area contributed by atoms with E-state index in [0.717, 1.165) is 38.0 Å². The first-order chi connectivity index (χ1) is 9.72. The van der Waals surface area contributed by atoms with Crippen molar-refractivity contribution in [1.82, 2.24) is 0 Å².